The average Bonchev–Trinajstić information content (AvgIpc) is 2.83. The number of hydrogen-bond acceptors (Lipinski definition) is 2. The smallest absolute Gasteiger partial charge is 0.00545 e. The molecule has 0 aliphatic rings. The number of rotatable bonds is 10. The van der Waals surface area contributed by atoms with Gasteiger partial charge in [-0.15, -0.1) is 11.3 Å². The molecule has 1 heterocycles. The molecule has 1 nitrogen and oxygen atoms in total. The van der Waals surface area contributed by atoms with Gasteiger partial charge in [0.2, 0.25) is 0 Å². The second-order valence-corrected chi connectivity index (χ2v) is 6.48. The summed E-state index contributed by atoms with van der Waals surface area (Å²) in [5, 5.41) is 3.28. The van der Waals surface area contributed by atoms with Crippen molar-refractivity contribution < 1.29 is 0 Å². The minimum atomic E-state index is 0.626. The maximum atomic E-state index is 3.28. The molecule has 1 rings (SSSR count). The summed E-state index contributed by atoms with van der Waals surface area (Å²) >= 11 is 2.01. The highest BCUT2D eigenvalue weighted by molar-refractivity contribution is 7.11. The Morgan fingerprint density at radius 2 is 2.00 bits per heavy atom. The molecular weight excluding hydrogens is 250 g/mol. The summed E-state index contributed by atoms with van der Waals surface area (Å²) in [7, 11) is 2.03. The van der Waals surface area contributed by atoms with Crippen LogP contribution in [-0.4, -0.2) is 13.6 Å². The van der Waals surface area contributed by atoms with Gasteiger partial charge in [-0.05, 0) is 51.3 Å². The zero-order valence-electron chi connectivity index (χ0n) is 12.7. The number of allylic oxidation sites excluding steroid dienone is 1. The van der Waals surface area contributed by atoms with E-state index in [1.807, 2.05) is 18.4 Å². The molecule has 19 heavy (non-hydrogen) atoms. The van der Waals surface area contributed by atoms with Gasteiger partial charge in [0.25, 0.3) is 0 Å². The Kier molecular flexibility index (Phi) is 8.85. The molecule has 0 aromatic carbocycles. The Morgan fingerprint density at radius 3 is 2.68 bits per heavy atom. The highest BCUT2D eigenvalue weighted by atomic mass is 32.1. The van der Waals surface area contributed by atoms with Crippen molar-refractivity contribution in [3.05, 3.63) is 34.0 Å². The second-order valence-electron chi connectivity index (χ2n) is 5.23. The summed E-state index contributed by atoms with van der Waals surface area (Å²) in [6, 6.07) is 4.66. The van der Waals surface area contributed by atoms with Gasteiger partial charge >= 0.3 is 0 Å². The van der Waals surface area contributed by atoms with E-state index in [0.717, 1.165) is 6.54 Å². The molecule has 0 aliphatic carbocycles. The van der Waals surface area contributed by atoms with Crippen LogP contribution in [0, 0.1) is 5.92 Å². The van der Waals surface area contributed by atoms with Crippen LogP contribution in [0.1, 0.15) is 49.3 Å². The summed E-state index contributed by atoms with van der Waals surface area (Å²) in [6.45, 7) is 5.44. The first kappa shape index (κ1) is 16.5. The normalized spacial score (nSPS) is 13.2. The van der Waals surface area contributed by atoms with Gasteiger partial charge in [-0.25, -0.2) is 0 Å². The molecule has 0 fully saturated rings. The Bertz CT molecular complexity index is 354. The average molecular weight is 279 g/mol. The van der Waals surface area contributed by atoms with E-state index in [2.05, 4.69) is 43.4 Å². The molecule has 1 unspecified atom stereocenters. The van der Waals surface area contributed by atoms with Crippen molar-refractivity contribution in [3.63, 3.8) is 0 Å². The fraction of sp³-hybridized carbons (Fsp3) is 0.647. The van der Waals surface area contributed by atoms with Crippen molar-refractivity contribution in [1.29, 1.82) is 0 Å². The lowest BCUT2D eigenvalue weighted by atomic mass is 10.0. The van der Waals surface area contributed by atoms with Crippen molar-refractivity contribution >= 4 is 11.3 Å². The predicted octanol–water partition coefficient (Wildman–Crippen LogP) is 4.83. The lowest BCUT2D eigenvalue weighted by Crippen LogP contribution is -2.18. The molecule has 0 aliphatic heterocycles. The Labute approximate surface area is 123 Å². The molecule has 0 bridgehead atoms. The van der Waals surface area contributed by atoms with Crippen molar-refractivity contribution in [1.82, 2.24) is 5.32 Å². The molecule has 108 valence electrons. The number of unbranched alkanes of at least 4 members (excludes halogenated alkanes) is 3. The zero-order valence-corrected chi connectivity index (χ0v) is 13.6. The fourth-order valence-electron chi connectivity index (χ4n) is 2.39. The van der Waals surface area contributed by atoms with Crippen LogP contribution in [0.15, 0.2) is 24.3 Å². The van der Waals surface area contributed by atoms with E-state index in [1.165, 1.54) is 43.4 Å². The van der Waals surface area contributed by atoms with Crippen molar-refractivity contribution in [2.45, 2.75) is 52.4 Å². The molecule has 1 aromatic heterocycles. The number of hydrogen-bond donors (Lipinski definition) is 1. The number of thiophene rings is 1. The molecule has 0 saturated heterocycles. The molecular formula is C17H29NS. The van der Waals surface area contributed by atoms with Gasteiger partial charge in [-0.1, -0.05) is 38.3 Å². The standard InChI is InChI=1S/C17H29NS/c1-4-6-7-8-10-16-11-12-17(19-16)13-15(9-5-2)14-18-3/h5,9,11-12,15,18H,4,6-8,10,13-14H2,1-3H3/b9-5+. The largest absolute Gasteiger partial charge is 0.319 e. The first-order valence-corrected chi connectivity index (χ1v) is 8.46. The monoisotopic (exact) mass is 279 g/mol. The van der Waals surface area contributed by atoms with E-state index in [4.69, 9.17) is 0 Å². The summed E-state index contributed by atoms with van der Waals surface area (Å²) in [6.07, 6.45) is 12.4. The van der Waals surface area contributed by atoms with Crippen LogP contribution < -0.4 is 5.32 Å². The van der Waals surface area contributed by atoms with Crippen LogP contribution in [-0.2, 0) is 12.8 Å². The van der Waals surface area contributed by atoms with E-state index < -0.39 is 0 Å². The van der Waals surface area contributed by atoms with Crippen molar-refractivity contribution in [2.24, 2.45) is 5.92 Å². The van der Waals surface area contributed by atoms with Gasteiger partial charge in [-0.3, -0.25) is 0 Å². The Hall–Kier alpha value is -0.600. The van der Waals surface area contributed by atoms with Gasteiger partial charge in [0, 0.05) is 16.3 Å². The van der Waals surface area contributed by atoms with Crippen molar-refractivity contribution in [2.75, 3.05) is 13.6 Å². The number of nitrogens with one attached hydrogen (secondary N) is 1. The predicted molar refractivity (Wildman–Crippen MR) is 88.1 cm³/mol. The molecule has 0 saturated carbocycles. The maximum Gasteiger partial charge on any atom is 0.00545 e. The molecule has 1 N–H and O–H groups in total. The molecule has 0 spiro atoms. The first-order valence-electron chi connectivity index (χ1n) is 7.65. The Morgan fingerprint density at radius 1 is 1.21 bits per heavy atom. The second kappa shape index (κ2) is 10.2. The van der Waals surface area contributed by atoms with E-state index in [9.17, 15) is 0 Å². The molecule has 1 aromatic rings. The topological polar surface area (TPSA) is 12.0 Å². The van der Waals surface area contributed by atoms with Crippen LogP contribution in [0.3, 0.4) is 0 Å². The fourth-order valence-corrected chi connectivity index (χ4v) is 3.55. The summed E-state index contributed by atoms with van der Waals surface area (Å²) in [5.41, 5.74) is 0. The quantitative estimate of drug-likeness (QED) is 0.478. The van der Waals surface area contributed by atoms with Gasteiger partial charge < -0.3 is 5.32 Å². The molecule has 1 atom stereocenters. The van der Waals surface area contributed by atoms with E-state index in [1.54, 1.807) is 4.88 Å². The van der Waals surface area contributed by atoms with Crippen LogP contribution in [0.5, 0.6) is 0 Å². The minimum Gasteiger partial charge on any atom is -0.319 e. The van der Waals surface area contributed by atoms with Gasteiger partial charge in [0.05, 0.1) is 0 Å². The third kappa shape index (κ3) is 6.93. The SMILES string of the molecule is C/C=C/C(CNC)Cc1ccc(CCCCCC)s1. The highest BCUT2D eigenvalue weighted by Gasteiger charge is 2.07. The third-order valence-corrected chi connectivity index (χ3v) is 4.56. The number of aryl methyl sites for hydroxylation is 1. The van der Waals surface area contributed by atoms with Gasteiger partial charge in [0.15, 0.2) is 0 Å². The highest BCUT2D eigenvalue weighted by Crippen LogP contribution is 2.22. The summed E-state index contributed by atoms with van der Waals surface area (Å²) < 4.78 is 0. The molecule has 0 radical (unpaired) electrons. The van der Waals surface area contributed by atoms with Crippen LogP contribution in [0.2, 0.25) is 0 Å². The van der Waals surface area contributed by atoms with Gasteiger partial charge in [0.1, 0.15) is 0 Å². The summed E-state index contributed by atoms with van der Waals surface area (Å²) in [4.78, 5) is 3.10. The lowest BCUT2D eigenvalue weighted by molar-refractivity contribution is 0.599. The van der Waals surface area contributed by atoms with Crippen molar-refractivity contribution in [3.8, 4) is 0 Å². The van der Waals surface area contributed by atoms with E-state index >= 15 is 0 Å². The van der Waals surface area contributed by atoms with Crippen LogP contribution in [0.25, 0.3) is 0 Å². The molecule has 0 amide bonds. The third-order valence-electron chi connectivity index (χ3n) is 3.39. The van der Waals surface area contributed by atoms with Gasteiger partial charge in [-0.2, -0.15) is 0 Å². The lowest BCUT2D eigenvalue weighted by Gasteiger charge is -2.10. The van der Waals surface area contributed by atoms with Crippen LogP contribution >= 0.6 is 11.3 Å². The first-order chi connectivity index (χ1) is 9.30. The Balaban J connectivity index is 2.40. The minimum absolute atomic E-state index is 0.626. The summed E-state index contributed by atoms with van der Waals surface area (Å²) in [5.74, 6) is 0.626. The van der Waals surface area contributed by atoms with E-state index in [-0.39, 0.29) is 0 Å². The zero-order chi connectivity index (χ0) is 13.9. The molecule has 2 heteroatoms. The maximum absolute atomic E-state index is 3.28. The van der Waals surface area contributed by atoms with E-state index in [0.29, 0.717) is 5.92 Å². The van der Waals surface area contributed by atoms with Crippen LogP contribution in [0.4, 0.5) is 0 Å².